The molecule has 0 spiro atoms. The summed E-state index contributed by atoms with van der Waals surface area (Å²) in [4.78, 5) is 11.5. The molecule has 0 aromatic carbocycles. The first-order valence-corrected chi connectivity index (χ1v) is 5.45. The number of hydrogen-bond donors (Lipinski definition) is 2. The zero-order chi connectivity index (χ0) is 9.97. The molecule has 5 nitrogen and oxygen atoms in total. The largest absolute Gasteiger partial charge is 0.315 e. The van der Waals surface area contributed by atoms with Gasteiger partial charge in [0.1, 0.15) is 5.01 Å². The number of anilines is 1. The van der Waals surface area contributed by atoms with Crippen molar-refractivity contribution in [2.75, 3.05) is 18.4 Å². The Labute approximate surface area is 85.9 Å². The van der Waals surface area contributed by atoms with Gasteiger partial charge < -0.3 is 10.6 Å². The van der Waals surface area contributed by atoms with E-state index < -0.39 is 0 Å². The van der Waals surface area contributed by atoms with Crippen LogP contribution in [0.1, 0.15) is 11.9 Å². The first-order chi connectivity index (χ1) is 6.79. The molecule has 2 heterocycles. The lowest BCUT2D eigenvalue weighted by molar-refractivity contribution is -0.121. The molecule has 14 heavy (non-hydrogen) atoms. The van der Waals surface area contributed by atoms with E-state index in [1.807, 2.05) is 6.92 Å². The van der Waals surface area contributed by atoms with Crippen molar-refractivity contribution in [2.24, 2.45) is 5.92 Å². The van der Waals surface area contributed by atoms with Crippen LogP contribution >= 0.6 is 11.3 Å². The van der Waals surface area contributed by atoms with Gasteiger partial charge in [0.05, 0.1) is 5.92 Å². The fraction of sp³-hybridized carbons (Fsp3) is 0.625. The molecule has 1 aliphatic heterocycles. The Morgan fingerprint density at radius 1 is 1.64 bits per heavy atom. The van der Waals surface area contributed by atoms with Crippen LogP contribution in [-0.2, 0) is 11.2 Å². The van der Waals surface area contributed by atoms with Crippen LogP contribution < -0.4 is 10.6 Å². The summed E-state index contributed by atoms with van der Waals surface area (Å²) in [6, 6.07) is 0. The predicted octanol–water partition coefficient (Wildman–Crippen LogP) is 0.258. The molecule has 0 unspecified atom stereocenters. The number of amides is 1. The molecule has 2 rings (SSSR count). The molecule has 0 atom stereocenters. The molecule has 1 saturated heterocycles. The van der Waals surface area contributed by atoms with Crippen molar-refractivity contribution in [1.82, 2.24) is 15.5 Å². The standard InChI is InChI=1S/C8H12N4OS/c1-2-6-11-12-8(14-6)10-7(13)5-3-9-4-5/h5,9H,2-4H2,1H3,(H,10,12,13). The molecule has 0 bridgehead atoms. The minimum Gasteiger partial charge on any atom is -0.315 e. The van der Waals surface area contributed by atoms with Gasteiger partial charge in [0.2, 0.25) is 11.0 Å². The maximum atomic E-state index is 11.5. The third-order valence-corrected chi connectivity index (χ3v) is 3.13. The Kier molecular flexibility index (Phi) is 2.74. The monoisotopic (exact) mass is 212 g/mol. The fourth-order valence-electron chi connectivity index (χ4n) is 1.13. The van der Waals surface area contributed by atoms with Crippen molar-refractivity contribution in [3.05, 3.63) is 5.01 Å². The summed E-state index contributed by atoms with van der Waals surface area (Å²) in [5, 5.41) is 15.2. The summed E-state index contributed by atoms with van der Waals surface area (Å²) in [6.07, 6.45) is 0.860. The number of rotatable bonds is 3. The predicted molar refractivity (Wildman–Crippen MR) is 54.3 cm³/mol. The summed E-state index contributed by atoms with van der Waals surface area (Å²) in [7, 11) is 0. The first-order valence-electron chi connectivity index (χ1n) is 4.63. The Bertz CT molecular complexity index is 334. The van der Waals surface area contributed by atoms with Crippen molar-refractivity contribution in [1.29, 1.82) is 0 Å². The molecule has 1 aromatic rings. The normalized spacial score (nSPS) is 16.4. The third kappa shape index (κ3) is 1.91. The minimum atomic E-state index is 0.0440. The number of carbonyl (C=O) groups excluding carboxylic acids is 1. The maximum Gasteiger partial charge on any atom is 0.231 e. The SMILES string of the molecule is CCc1nnc(NC(=O)C2CNC2)s1. The Hall–Kier alpha value is -1.01. The highest BCUT2D eigenvalue weighted by molar-refractivity contribution is 7.15. The summed E-state index contributed by atoms with van der Waals surface area (Å²) in [6.45, 7) is 3.55. The molecule has 0 radical (unpaired) electrons. The number of hydrogen-bond acceptors (Lipinski definition) is 5. The molecule has 0 aliphatic carbocycles. The van der Waals surface area contributed by atoms with E-state index in [0.717, 1.165) is 24.5 Å². The Morgan fingerprint density at radius 3 is 2.93 bits per heavy atom. The summed E-state index contributed by atoms with van der Waals surface area (Å²) in [5.74, 6) is 0.145. The number of nitrogens with one attached hydrogen (secondary N) is 2. The summed E-state index contributed by atoms with van der Waals surface area (Å²) >= 11 is 1.44. The van der Waals surface area contributed by atoms with Crippen molar-refractivity contribution in [3.8, 4) is 0 Å². The van der Waals surface area contributed by atoms with Gasteiger partial charge in [-0.15, -0.1) is 10.2 Å². The van der Waals surface area contributed by atoms with Crippen LogP contribution in [0.5, 0.6) is 0 Å². The summed E-state index contributed by atoms with van der Waals surface area (Å²) in [5.41, 5.74) is 0. The van der Waals surface area contributed by atoms with E-state index in [0.29, 0.717) is 5.13 Å². The Balaban J connectivity index is 1.92. The van der Waals surface area contributed by atoms with Gasteiger partial charge in [0, 0.05) is 13.1 Å². The zero-order valence-corrected chi connectivity index (χ0v) is 8.73. The molecule has 1 aromatic heterocycles. The number of nitrogens with zero attached hydrogens (tertiary/aromatic N) is 2. The molecule has 2 N–H and O–H groups in total. The van der Waals surface area contributed by atoms with Crippen LogP contribution in [0.3, 0.4) is 0 Å². The van der Waals surface area contributed by atoms with E-state index in [4.69, 9.17) is 0 Å². The number of aryl methyl sites for hydroxylation is 1. The molecule has 1 fully saturated rings. The van der Waals surface area contributed by atoms with Crippen LogP contribution in [0.25, 0.3) is 0 Å². The van der Waals surface area contributed by atoms with Crippen molar-refractivity contribution in [2.45, 2.75) is 13.3 Å². The van der Waals surface area contributed by atoms with E-state index in [1.165, 1.54) is 11.3 Å². The van der Waals surface area contributed by atoms with Crippen LogP contribution in [-0.4, -0.2) is 29.2 Å². The lowest BCUT2D eigenvalue weighted by atomic mass is 10.0. The minimum absolute atomic E-state index is 0.0440. The topological polar surface area (TPSA) is 66.9 Å². The van der Waals surface area contributed by atoms with E-state index in [2.05, 4.69) is 20.8 Å². The van der Waals surface area contributed by atoms with Gasteiger partial charge in [-0.2, -0.15) is 0 Å². The fourth-order valence-corrected chi connectivity index (χ4v) is 1.81. The second-order valence-corrected chi connectivity index (χ2v) is 4.26. The van der Waals surface area contributed by atoms with Gasteiger partial charge in [-0.3, -0.25) is 4.79 Å². The third-order valence-electron chi connectivity index (χ3n) is 2.15. The maximum absolute atomic E-state index is 11.5. The Morgan fingerprint density at radius 2 is 2.43 bits per heavy atom. The molecule has 0 saturated carbocycles. The highest BCUT2D eigenvalue weighted by atomic mass is 32.1. The quantitative estimate of drug-likeness (QED) is 0.754. The number of carbonyl (C=O) groups is 1. The van der Waals surface area contributed by atoms with E-state index in [1.54, 1.807) is 0 Å². The highest BCUT2D eigenvalue weighted by Crippen LogP contribution is 2.16. The van der Waals surface area contributed by atoms with Gasteiger partial charge >= 0.3 is 0 Å². The van der Waals surface area contributed by atoms with Crippen molar-refractivity contribution in [3.63, 3.8) is 0 Å². The highest BCUT2D eigenvalue weighted by Gasteiger charge is 2.25. The van der Waals surface area contributed by atoms with E-state index >= 15 is 0 Å². The van der Waals surface area contributed by atoms with Crippen LogP contribution in [0.15, 0.2) is 0 Å². The van der Waals surface area contributed by atoms with Gasteiger partial charge in [0.15, 0.2) is 0 Å². The summed E-state index contributed by atoms with van der Waals surface area (Å²) < 4.78 is 0. The van der Waals surface area contributed by atoms with Gasteiger partial charge in [-0.1, -0.05) is 18.3 Å². The average molecular weight is 212 g/mol. The van der Waals surface area contributed by atoms with Crippen LogP contribution in [0.2, 0.25) is 0 Å². The molecule has 1 amide bonds. The molecule has 6 heteroatoms. The number of aromatic nitrogens is 2. The van der Waals surface area contributed by atoms with Crippen LogP contribution in [0.4, 0.5) is 5.13 Å². The smallest absolute Gasteiger partial charge is 0.231 e. The second kappa shape index (κ2) is 4.02. The van der Waals surface area contributed by atoms with Crippen LogP contribution in [0, 0.1) is 5.92 Å². The molecule has 1 aliphatic rings. The van der Waals surface area contributed by atoms with Gasteiger partial charge in [-0.05, 0) is 6.42 Å². The molecular formula is C8H12N4OS. The molecular weight excluding hydrogens is 200 g/mol. The van der Waals surface area contributed by atoms with Gasteiger partial charge in [-0.25, -0.2) is 0 Å². The van der Waals surface area contributed by atoms with Crippen molar-refractivity contribution < 1.29 is 4.79 Å². The second-order valence-electron chi connectivity index (χ2n) is 3.20. The van der Waals surface area contributed by atoms with E-state index in [9.17, 15) is 4.79 Å². The van der Waals surface area contributed by atoms with Crippen molar-refractivity contribution >= 4 is 22.4 Å². The molecule has 76 valence electrons. The van der Waals surface area contributed by atoms with Gasteiger partial charge in [0.25, 0.3) is 0 Å². The zero-order valence-electron chi connectivity index (χ0n) is 7.91. The lowest BCUT2D eigenvalue weighted by Crippen LogP contribution is -2.48. The average Bonchev–Trinajstić information content (AvgIpc) is 2.48. The van der Waals surface area contributed by atoms with E-state index in [-0.39, 0.29) is 11.8 Å². The first kappa shape index (κ1) is 9.54. The lowest BCUT2D eigenvalue weighted by Gasteiger charge is -2.24.